The minimum Gasteiger partial charge on any atom is -0.245 e. The highest BCUT2D eigenvalue weighted by atomic mass is 35.5. The van der Waals surface area contributed by atoms with Gasteiger partial charge in [0.1, 0.15) is 0 Å². The number of piperidine rings is 1. The zero-order valence-electron chi connectivity index (χ0n) is 17.8. The molecule has 0 spiro atoms. The molecule has 2 aliphatic rings. The van der Waals surface area contributed by atoms with E-state index in [0.29, 0.717) is 15.0 Å². The molecule has 2 amide bonds. The van der Waals surface area contributed by atoms with Crippen LogP contribution in [0.5, 0.6) is 0 Å². The van der Waals surface area contributed by atoms with Crippen molar-refractivity contribution in [3.63, 3.8) is 0 Å². The molecule has 1 fully saturated rings. The van der Waals surface area contributed by atoms with E-state index in [9.17, 15) is 22.0 Å². The number of nitrogens with zero attached hydrogens (tertiary/aromatic N) is 3. The number of urea groups is 1. The number of amides is 2. The van der Waals surface area contributed by atoms with Gasteiger partial charge in [-0.2, -0.15) is 17.8 Å². The van der Waals surface area contributed by atoms with Crippen molar-refractivity contribution in [3.8, 4) is 0 Å². The molecule has 0 bridgehead atoms. The largest absolute Gasteiger partial charge is 0.352 e. The lowest BCUT2D eigenvalue weighted by Gasteiger charge is -2.32. The maximum Gasteiger partial charge on any atom is 0.352 e. The second kappa shape index (κ2) is 9.00. The second-order valence-corrected chi connectivity index (χ2v) is 10.3. The molecule has 0 radical (unpaired) electrons. The summed E-state index contributed by atoms with van der Waals surface area (Å²) >= 11 is 6.01. The Kier molecular flexibility index (Phi) is 6.43. The molecule has 0 aromatic heterocycles. The van der Waals surface area contributed by atoms with Crippen molar-refractivity contribution in [1.82, 2.24) is 14.0 Å². The van der Waals surface area contributed by atoms with Gasteiger partial charge in [-0.3, -0.25) is 0 Å². The van der Waals surface area contributed by atoms with Crippen LogP contribution in [0, 0.1) is 0 Å². The number of nitrogens with one attached hydrogen (secondary N) is 1. The SMILES string of the molecule is C[C@H]1[C@H](c2ccccc2)C(c2ccc(Cl)cc2)=NN1C(=O)NS(=O)(=O)N1CCCC(F)(F)C1. The van der Waals surface area contributed by atoms with Gasteiger partial charge in [0.15, 0.2) is 0 Å². The summed E-state index contributed by atoms with van der Waals surface area (Å²) in [5.74, 6) is -3.46. The molecule has 1 saturated heterocycles. The van der Waals surface area contributed by atoms with Gasteiger partial charge in [0.05, 0.1) is 24.2 Å². The highest BCUT2D eigenvalue weighted by Crippen LogP contribution is 2.35. The number of halogens is 3. The normalized spacial score (nSPS) is 23.3. The third-order valence-electron chi connectivity index (χ3n) is 5.80. The molecule has 176 valence electrons. The van der Waals surface area contributed by atoms with Crippen molar-refractivity contribution in [1.29, 1.82) is 0 Å². The van der Waals surface area contributed by atoms with Crippen molar-refractivity contribution >= 4 is 33.6 Å². The summed E-state index contributed by atoms with van der Waals surface area (Å²) in [4.78, 5) is 13.0. The quantitative estimate of drug-likeness (QED) is 0.688. The molecule has 2 atom stereocenters. The summed E-state index contributed by atoms with van der Waals surface area (Å²) in [6, 6.07) is 14.8. The number of carbonyl (C=O) groups is 1. The van der Waals surface area contributed by atoms with E-state index in [0.717, 1.165) is 16.1 Å². The molecule has 33 heavy (non-hydrogen) atoms. The van der Waals surface area contributed by atoms with Gasteiger partial charge < -0.3 is 0 Å². The maximum absolute atomic E-state index is 13.7. The number of hydrogen-bond acceptors (Lipinski definition) is 4. The number of alkyl halides is 2. The molecule has 0 unspecified atom stereocenters. The van der Waals surface area contributed by atoms with Gasteiger partial charge in [-0.1, -0.05) is 54.1 Å². The third-order valence-corrected chi connectivity index (χ3v) is 7.47. The molecule has 2 heterocycles. The van der Waals surface area contributed by atoms with Gasteiger partial charge in [-0.25, -0.2) is 23.3 Å². The van der Waals surface area contributed by atoms with Gasteiger partial charge >= 0.3 is 16.2 Å². The second-order valence-electron chi connectivity index (χ2n) is 8.17. The van der Waals surface area contributed by atoms with Crippen LogP contribution in [-0.4, -0.2) is 54.5 Å². The Morgan fingerprint density at radius 1 is 1.15 bits per heavy atom. The van der Waals surface area contributed by atoms with Crippen LogP contribution < -0.4 is 4.72 Å². The van der Waals surface area contributed by atoms with Crippen molar-refractivity contribution in [2.45, 2.75) is 37.6 Å². The summed E-state index contributed by atoms with van der Waals surface area (Å²) < 4.78 is 55.3. The number of carbonyl (C=O) groups excluding carboxylic acids is 1. The van der Waals surface area contributed by atoms with E-state index in [-0.39, 0.29) is 25.3 Å². The summed E-state index contributed by atoms with van der Waals surface area (Å²) in [7, 11) is -4.46. The first kappa shape index (κ1) is 23.6. The fraction of sp³-hybridized carbons (Fsp3) is 0.364. The van der Waals surface area contributed by atoms with Gasteiger partial charge in [0.25, 0.3) is 5.92 Å². The van der Waals surface area contributed by atoms with Gasteiger partial charge in [-0.05, 0) is 36.6 Å². The summed E-state index contributed by atoms with van der Waals surface area (Å²) in [6.07, 6.45) is -0.374. The first-order valence-electron chi connectivity index (χ1n) is 10.5. The van der Waals surface area contributed by atoms with Crippen LogP contribution in [0.1, 0.15) is 36.8 Å². The van der Waals surface area contributed by atoms with Crippen LogP contribution in [0.15, 0.2) is 59.7 Å². The predicted molar refractivity (Wildman–Crippen MR) is 122 cm³/mol. The highest BCUT2D eigenvalue weighted by Gasteiger charge is 2.43. The lowest BCUT2D eigenvalue weighted by atomic mass is 9.86. The fourth-order valence-corrected chi connectivity index (χ4v) is 5.48. The Morgan fingerprint density at radius 2 is 1.82 bits per heavy atom. The molecule has 4 rings (SSSR count). The van der Waals surface area contributed by atoms with Crippen LogP contribution in [0.25, 0.3) is 0 Å². The molecule has 2 aromatic rings. The van der Waals surface area contributed by atoms with E-state index in [1.54, 1.807) is 31.2 Å². The van der Waals surface area contributed by atoms with E-state index >= 15 is 0 Å². The zero-order valence-corrected chi connectivity index (χ0v) is 19.4. The average Bonchev–Trinajstić information content (AvgIpc) is 3.11. The Hall–Kier alpha value is -2.56. The van der Waals surface area contributed by atoms with E-state index in [2.05, 4.69) is 5.10 Å². The van der Waals surface area contributed by atoms with Crippen molar-refractivity contribution < 1.29 is 22.0 Å². The van der Waals surface area contributed by atoms with E-state index in [4.69, 9.17) is 11.6 Å². The molecular weight excluding hydrogens is 474 g/mol. The first-order chi connectivity index (χ1) is 15.6. The van der Waals surface area contributed by atoms with E-state index < -0.39 is 34.7 Å². The fourth-order valence-electron chi connectivity index (χ4n) is 4.18. The van der Waals surface area contributed by atoms with E-state index in [1.165, 1.54) is 0 Å². The lowest BCUT2D eigenvalue weighted by Crippen LogP contribution is -2.53. The molecule has 7 nitrogen and oxygen atoms in total. The monoisotopic (exact) mass is 496 g/mol. The standard InChI is InChI=1S/C22H23ClF2N4O3S/c1-15-19(16-6-3-2-4-7-16)20(17-8-10-18(23)11-9-17)26-29(15)21(30)27-33(31,32)28-13-5-12-22(24,25)14-28/h2-4,6-11,15,19H,5,12-14H2,1H3,(H,27,30)/t15-,19+/m0/s1. The highest BCUT2D eigenvalue weighted by molar-refractivity contribution is 7.87. The Bertz CT molecular complexity index is 1160. The first-order valence-corrected chi connectivity index (χ1v) is 12.3. The predicted octanol–water partition coefficient (Wildman–Crippen LogP) is 4.22. The minimum absolute atomic E-state index is 0.0111. The van der Waals surface area contributed by atoms with Crippen molar-refractivity contribution in [2.24, 2.45) is 5.10 Å². The third kappa shape index (κ3) is 5.02. The summed E-state index contributed by atoms with van der Waals surface area (Å²) in [5, 5.41) is 6.05. The van der Waals surface area contributed by atoms with Crippen LogP contribution >= 0.6 is 11.6 Å². The number of rotatable bonds is 4. The smallest absolute Gasteiger partial charge is 0.245 e. The van der Waals surface area contributed by atoms with Crippen molar-refractivity contribution in [3.05, 3.63) is 70.7 Å². The Labute approximate surface area is 196 Å². The molecule has 2 aromatic carbocycles. The number of hydrogen-bond donors (Lipinski definition) is 1. The molecule has 0 aliphatic carbocycles. The van der Waals surface area contributed by atoms with Crippen LogP contribution in [-0.2, 0) is 10.2 Å². The summed E-state index contributed by atoms with van der Waals surface area (Å²) in [6.45, 7) is 0.710. The Morgan fingerprint density at radius 3 is 2.45 bits per heavy atom. The molecule has 0 saturated carbocycles. The summed E-state index contributed by atoms with van der Waals surface area (Å²) in [5.41, 5.74) is 2.20. The topological polar surface area (TPSA) is 82.1 Å². The maximum atomic E-state index is 13.7. The van der Waals surface area contributed by atoms with E-state index in [1.807, 2.05) is 35.1 Å². The van der Waals surface area contributed by atoms with Crippen LogP contribution in [0.3, 0.4) is 0 Å². The van der Waals surface area contributed by atoms with Gasteiger partial charge in [0.2, 0.25) is 0 Å². The molecule has 11 heteroatoms. The van der Waals surface area contributed by atoms with Crippen LogP contribution in [0.2, 0.25) is 5.02 Å². The van der Waals surface area contributed by atoms with Gasteiger partial charge in [-0.15, -0.1) is 0 Å². The van der Waals surface area contributed by atoms with Crippen molar-refractivity contribution in [2.75, 3.05) is 13.1 Å². The lowest BCUT2D eigenvalue weighted by molar-refractivity contribution is -0.0436. The van der Waals surface area contributed by atoms with Gasteiger partial charge in [0, 0.05) is 18.0 Å². The number of hydrazone groups is 1. The minimum atomic E-state index is -4.46. The molecule has 2 aliphatic heterocycles. The molecule has 1 N–H and O–H groups in total. The average molecular weight is 497 g/mol. The number of benzene rings is 2. The Balaban J connectivity index is 1.62. The van der Waals surface area contributed by atoms with Crippen LogP contribution in [0.4, 0.5) is 13.6 Å². The zero-order chi connectivity index (χ0) is 23.8. The molecular formula is C22H23ClF2N4O3S.